The van der Waals surface area contributed by atoms with Crippen LogP contribution in [0.1, 0.15) is 22.3 Å². The summed E-state index contributed by atoms with van der Waals surface area (Å²) in [4.78, 5) is 7.73. The molecule has 2 aromatic heterocycles. The number of nitrogens with zero attached hydrogens (tertiary/aromatic N) is 1. The fourth-order valence-corrected chi connectivity index (χ4v) is 2.97. The summed E-state index contributed by atoms with van der Waals surface area (Å²) in [7, 11) is 0. The van der Waals surface area contributed by atoms with Crippen molar-refractivity contribution in [2.24, 2.45) is 5.73 Å². The maximum Gasteiger partial charge on any atom is 0.110 e. The van der Waals surface area contributed by atoms with Gasteiger partial charge in [0.1, 0.15) is 5.01 Å². The number of nitrogens with two attached hydrogens (primary N) is 1. The van der Waals surface area contributed by atoms with Gasteiger partial charge in [0.2, 0.25) is 0 Å². The number of rotatable bonds is 3. The second kappa shape index (κ2) is 4.55. The standard InChI is InChI=1S/C14H15N3S/c1-9-8-18-14(17-9)12(15)6-10-7-16-13-5-3-2-4-11(10)13/h2-5,7-8,12,16H,6,15H2,1H3/t12-/m1/s1. The molecule has 0 unspecified atom stereocenters. The van der Waals surface area contributed by atoms with Crippen LogP contribution in [0.15, 0.2) is 35.8 Å². The van der Waals surface area contributed by atoms with Crippen LogP contribution in [0.3, 0.4) is 0 Å². The van der Waals surface area contributed by atoms with Crippen LogP contribution in [0.5, 0.6) is 0 Å². The number of H-pyrrole nitrogens is 1. The van der Waals surface area contributed by atoms with Gasteiger partial charge < -0.3 is 10.7 Å². The third kappa shape index (κ3) is 2.05. The molecule has 0 fully saturated rings. The van der Waals surface area contributed by atoms with Crippen molar-refractivity contribution in [3.05, 3.63) is 52.1 Å². The van der Waals surface area contributed by atoms with Crippen LogP contribution in [0.2, 0.25) is 0 Å². The Hall–Kier alpha value is -1.65. The van der Waals surface area contributed by atoms with E-state index in [1.807, 2.05) is 24.6 Å². The average molecular weight is 257 g/mol. The van der Waals surface area contributed by atoms with Gasteiger partial charge in [-0.2, -0.15) is 0 Å². The van der Waals surface area contributed by atoms with E-state index in [0.717, 1.165) is 22.6 Å². The van der Waals surface area contributed by atoms with Crippen molar-refractivity contribution in [1.82, 2.24) is 9.97 Å². The van der Waals surface area contributed by atoms with Gasteiger partial charge in [0, 0.05) is 28.2 Å². The molecule has 0 saturated carbocycles. The summed E-state index contributed by atoms with van der Waals surface area (Å²) in [6.45, 7) is 2.00. The second-order valence-electron chi connectivity index (χ2n) is 4.50. The Morgan fingerprint density at radius 2 is 2.22 bits per heavy atom. The highest BCUT2D eigenvalue weighted by molar-refractivity contribution is 7.09. The summed E-state index contributed by atoms with van der Waals surface area (Å²) in [5.74, 6) is 0. The van der Waals surface area contributed by atoms with Gasteiger partial charge >= 0.3 is 0 Å². The summed E-state index contributed by atoms with van der Waals surface area (Å²) < 4.78 is 0. The second-order valence-corrected chi connectivity index (χ2v) is 5.39. The first kappa shape index (κ1) is 11.4. The highest BCUT2D eigenvalue weighted by Gasteiger charge is 2.13. The highest BCUT2D eigenvalue weighted by Crippen LogP contribution is 2.24. The van der Waals surface area contributed by atoms with Crippen LogP contribution >= 0.6 is 11.3 Å². The minimum absolute atomic E-state index is 0.0251. The molecule has 1 aromatic carbocycles. The summed E-state index contributed by atoms with van der Waals surface area (Å²) in [6.07, 6.45) is 2.86. The topological polar surface area (TPSA) is 54.7 Å². The van der Waals surface area contributed by atoms with Crippen LogP contribution in [0.25, 0.3) is 10.9 Å². The molecule has 0 saturated heterocycles. The fourth-order valence-electron chi connectivity index (χ4n) is 2.17. The first-order chi connectivity index (χ1) is 8.74. The van der Waals surface area contributed by atoms with Gasteiger partial charge in [-0.15, -0.1) is 11.3 Å². The lowest BCUT2D eigenvalue weighted by atomic mass is 10.1. The maximum absolute atomic E-state index is 6.22. The summed E-state index contributed by atoms with van der Waals surface area (Å²) in [6, 6.07) is 8.27. The molecule has 0 spiro atoms. The quantitative estimate of drug-likeness (QED) is 0.757. The number of hydrogen-bond donors (Lipinski definition) is 2. The summed E-state index contributed by atoms with van der Waals surface area (Å²) >= 11 is 1.64. The number of nitrogens with one attached hydrogen (secondary N) is 1. The molecule has 2 heterocycles. The number of aryl methyl sites for hydroxylation is 1. The Morgan fingerprint density at radius 1 is 1.39 bits per heavy atom. The minimum Gasteiger partial charge on any atom is -0.361 e. The Labute approximate surface area is 110 Å². The molecule has 4 heteroatoms. The van der Waals surface area contributed by atoms with Crippen molar-refractivity contribution in [2.45, 2.75) is 19.4 Å². The zero-order valence-corrected chi connectivity index (χ0v) is 11.0. The number of hydrogen-bond acceptors (Lipinski definition) is 3. The van der Waals surface area contributed by atoms with E-state index in [2.05, 4.69) is 28.2 Å². The Balaban J connectivity index is 1.88. The van der Waals surface area contributed by atoms with Crippen molar-refractivity contribution < 1.29 is 0 Å². The number of para-hydroxylation sites is 1. The number of fused-ring (bicyclic) bond motifs is 1. The molecular formula is C14H15N3S. The van der Waals surface area contributed by atoms with Crippen molar-refractivity contribution in [3.8, 4) is 0 Å². The van der Waals surface area contributed by atoms with Crippen molar-refractivity contribution in [1.29, 1.82) is 0 Å². The molecule has 0 aliphatic carbocycles. The first-order valence-electron chi connectivity index (χ1n) is 5.96. The van der Waals surface area contributed by atoms with Gasteiger partial charge in [-0.25, -0.2) is 4.98 Å². The smallest absolute Gasteiger partial charge is 0.110 e. The van der Waals surface area contributed by atoms with Crippen molar-refractivity contribution in [3.63, 3.8) is 0 Å². The summed E-state index contributed by atoms with van der Waals surface area (Å²) in [5.41, 5.74) is 9.69. The van der Waals surface area contributed by atoms with E-state index in [1.54, 1.807) is 11.3 Å². The number of aromatic amines is 1. The lowest BCUT2D eigenvalue weighted by molar-refractivity contribution is 0.716. The molecule has 3 rings (SSSR count). The molecule has 1 atom stereocenters. The molecule has 3 N–H and O–H groups in total. The van der Waals surface area contributed by atoms with Gasteiger partial charge in [-0.3, -0.25) is 0 Å². The molecule has 0 amide bonds. The third-order valence-electron chi connectivity index (χ3n) is 3.07. The Kier molecular flexibility index (Phi) is 2.89. The lowest BCUT2D eigenvalue weighted by Crippen LogP contribution is -2.12. The molecule has 0 aliphatic rings. The lowest BCUT2D eigenvalue weighted by Gasteiger charge is -2.07. The molecule has 18 heavy (non-hydrogen) atoms. The summed E-state index contributed by atoms with van der Waals surface area (Å²) in [5, 5.41) is 4.31. The minimum atomic E-state index is -0.0251. The third-order valence-corrected chi connectivity index (χ3v) is 4.16. The van der Waals surface area contributed by atoms with Crippen molar-refractivity contribution >= 4 is 22.2 Å². The fraction of sp³-hybridized carbons (Fsp3) is 0.214. The zero-order valence-electron chi connectivity index (χ0n) is 10.2. The van der Waals surface area contributed by atoms with Crippen LogP contribution in [0.4, 0.5) is 0 Å². The molecule has 0 bridgehead atoms. The van der Waals surface area contributed by atoms with Crippen LogP contribution in [0, 0.1) is 6.92 Å². The number of aromatic nitrogens is 2. The van der Waals surface area contributed by atoms with E-state index in [0.29, 0.717) is 0 Å². The largest absolute Gasteiger partial charge is 0.361 e. The monoisotopic (exact) mass is 257 g/mol. The van der Waals surface area contributed by atoms with Gasteiger partial charge in [0.05, 0.1) is 6.04 Å². The van der Waals surface area contributed by atoms with E-state index in [4.69, 9.17) is 5.73 Å². The van der Waals surface area contributed by atoms with Crippen molar-refractivity contribution in [2.75, 3.05) is 0 Å². The number of benzene rings is 1. The van der Waals surface area contributed by atoms with E-state index < -0.39 is 0 Å². The molecule has 0 radical (unpaired) electrons. The van der Waals surface area contributed by atoms with Gasteiger partial charge in [0.25, 0.3) is 0 Å². The maximum atomic E-state index is 6.22. The molecule has 3 nitrogen and oxygen atoms in total. The van der Waals surface area contributed by atoms with Crippen LogP contribution in [-0.4, -0.2) is 9.97 Å². The van der Waals surface area contributed by atoms with E-state index in [-0.39, 0.29) is 6.04 Å². The predicted octanol–water partition coefficient (Wildman–Crippen LogP) is 3.18. The normalized spacial score (nSPS) is 13.0. The average Bonchev–Trinajstić information content (AvgIpc) is 2.97. The molecule has 0 aliphatic heterocycles. The molecule has 92 valence electrons. The van der Waals surface area contributed by atoms with Crippen LogP contribution in [-0.2, 0) is 6.42 Å². The molecular weight excluding hydrogens is 242 g/mol. The van der Waals surface area contributed by atoms with E-state index >= 15 is 0 Å². The number of thiazole rings is 1. The van der Waals surface area contributed by atoms with Gasteiger partial charge in [-0.1, -0.05) is 18.2 Å². The van der Waals surface area contributed by atoms with Gasteiger partial charge in [0.15, 0.2) is 0 Å². The highest BCUT2D eigenvalue weighted by atomic mass is 32.1. The van der Waals surface area contributed by atoms with E-state index in [9.17, 15) is 0 Å². The first-order valence-corrected chi connectivity index (χ1v) is 6.84. The Bertz CT molecular complexity index is 668. The van der Waals surface area contributed by atoms with Gasteiger partial charge in [-0.05, 0) is 25.0 Å². The Morgan fingerprint density at radius 3 is 3.00 bits per heavy atom. The van der Waals surface area contributed by atoms with E-state index in [1.165, 1.54) is 10.9 Å². The zero-order chi connectivity index (χ0) is 12.5. The van der Waals surface area contributed by atoms with Crippen LogP contribution < -0.4 is 5.73 Å². The predicted molar refractivity (Wildman–Crippen MR) is 75.8 cm³/mol. The SMILES string of the molecule is Cc1csc([C@H](N)Cc2c[nH]c3ccccc23)n1. The molecule has 3 aromatic rings.